The van der Waals surface area contributed by atoms with Gasteiger partial charge in [-0.1, -0.05) is 0 Å². The number of aromatic nitrogens is 1. The van der Waals surface area contributed by atoms with Crippen LogP contribution in [0.25, 0.3) is 0 Å². The first-order valence-electron chi connectivity index (χ1n) is 7.74. The molecule has 1 fully saturated rings. The Bertz CT molecular complexity index is 748. The van der Waals surface area contributed by atoms with Crippen molar-refractivity contribution in [2.24, 2.45) is 9.98 Å². The number of anilines is 1. The van der Waals surface area contributed by atoms with Crippen molar-refractivity contribution in [2.75, 3.05) is 25.4 Å². The van der Waals surface area contributed by atoms with E-state index in [1.807, 2.05) is 19.1 Å². The van der Waals surface area contributed by atoms with E-state index in [-0.39, 0.29) is 0 Å². The molecule has 0 aliphatic carbocycles. The molecule has 2 N–H and O–H groups in total. The van der Waals surface area contributed by atoms with Gasteiger partial charge in [0.25, 0.3) is 0 Å². The fourth-order valence-electron chi connectivity index (χ4n) is 3.36. The molecule has 0 saturated carbocycles. The summed E-state index contributed by atoms with van der Waals surface area (Å²) in [5.41, 5.74) is 12.5. The van der Waals surface area contributed by atoms with Crippen molar-refractivity contribution in [3.63, 3.8) is 0 Å². The van der Waals surface area contributed by atoms with Gasteiger partial charge < -0.3 is 10.6 Å². The summed E-state index contributed by atoms with van der Waals surface area (Å²) in [6, 6.07) is 3.89. The first kappa shape index (κ1) is 13.2. The standard InChI is InChI=1S/C17H19N5/c1-11-8-13-14(21-11)10-20-16(12-4-5-19-15(18)9-12)17(13)22-6-2-3-7-22/h4-5,8-9H,2-3,6-7,10H2,1H3,(H2,18,19). The molecule has 1 aromatic rings. The molecular weight excluding hydrogens is 274 g/mol. The summed E-state index contributed by atoms with van der Waals surface area (Å²) in [6.07, 6.45) is 6.40. The van der Waals surface area contributed by atoms with Crippen LogP contribution in [0.2, 0.25) is 0 Å². The van der Waals surface area contributed by atoms with Crippen molar-refractivity contribution in [1.29, 1.82) is 0 Å². The fourth-order valence-corrected chi connectivity index (χ4v) is 3.36. The van der Waals surface area contributed by atoms with E-state index in [1.54, 1.807) is 6.20 Å². The maximum atomic E-state index is 5.86. The number of likely N-dealkylation sites (tertiary alicyclic amines) is 1. The lowest BCUT2D eigenvalue weighted by Gasteiger charge is -2.28. The second kappa shape index (κ2) is 5.09. The van der Waals surface area contributed by atoms with E-state index in [2.05, 4.69) is 21.0 Å². The SMILES string of the molecule is CC1=CC2=C(N3CCCC3)C(c3ccnc(N)c3)=NCC2=N1. The van der Waals surface area contributed by atoms with E-state index < -0.39 is 0 Å². The van der Waals surface area contributed by atoms with E-state index >= 15 is 0 Å². The number of rotatable bonds is 2. The molecule has 4 heterocycles. The Morgan fingerprint density at radius 3 is 2.82 bits per heavy atom. The van der Waals surface area contributed by atoms with Gasteiger partial charge in [-0.25, -0.2) is 4.98 Å². The van der Waals surface area contributed by atoms with Crippen molar-refractivity contribution in [2.45, 2.75) is 19.8 Å². The lowest BCUT2D eigenvalue weighted by Crippen LogP contribution is -2.31. The maximum Gasteiger partial charge on any atom is 0.123 e. The van der Waals surface area contributed by atoms with Gasteiger partial charge >= 0.3 is 0 Å². The molecule has 4 rings (SSSR count). The third kappa shape index (κ3) is 2.13. The smallest absolute Gasteiger partial charge is 0.123 e. The highest BCUT2D eigenvalue weighted by molar-refractivity contribution is 6.23. The molecule has 0 aromatic carbocycles. The van der Waals surface area contributed by atoms with Crippen LogP contribution in [0.5, 0.6) is 0 Å². The Kier molecular flexibility index (Phi) is 3.06. The monoisotopic (exact) mass is 293 g/mol. The molecule has 0 spiro atoms. The summed E-state index contributed by atoms with van der Waals surface area (Å²) in [5.74, 6) is 0.531. The molecule has 0 radical (unpaired) electrons. The predicted octanol–water partition coefficient (Wildman–Crippen LogP) is 2.17. The van der Waals surface area contributed by atoms with Crippen molar-refractivity contribution in [3.8, 4) is 0 Å². The zero-order valence-electron chi connectivity index (χ0n) is 12.7. The van der Waals surface area contributed by atoms with Crippen LogP contribution in [-0.4, -0.2) is 40.9 Å². The highest BCUT2D eigenvalue weighted by Crippen LogP contribution is 2.30. The first-order chi connectivity index (χ1) is 10.7. The highest BCUT2D eigenvalue weighted by atomic mass is 15.2. The van der Waals surface area contributed by atoms with Crippen molar-refractivity contribution < 1.29 is 0 Å². The molecule has 3 aliphatic rings. The van der Waals surface area contributed by atoms with Crippen molar-refractivity contribution in [3.05, 3.63) is 46.9 Å². The van der Waals surface area contributed by atoms with Crippen molar-refractivity contribution in [1.82, 2.24) is 9.88 Å². The molecule has 3 aliphatic heterocycles. The number of nitrogens with two attached hydrogens (primary N) is 1. The largest absolute Gasteiger partial charge is 0.384 e. The minimum Gasteiger partial charge on any atom is -0.384 e. The van der Waals surface area contributed by atoms with Gasteiger partial charge in [-0.2, -0.15) is 0 Å². The number of pyridine rings is 1. The van der Waals surface area contributed by atoms with Gasteiger partial charge in [0.2, 0.25) is 0 Å². The summed E-state index contributed by atoms with van der Waals surface area (Å²) in [6.45, 7) is 4.85. The molecule has 112 valence electrons. The van der Waals surface area contributed by atoms with Gasteiger partial charge in [-0.05, 0) is 38.0 Å². The van der Waals surface area contributed by atoms with Gasteiger partial charge in [-0.3, -0.25) is 9.98 Å². The van der Waals surface area contributed by atoms with E-state index in [9.17, 15) is 0 Å². The second-order valence-electron chi connectivity index (χ2n) is 5.93. The number of hydrogen-bond donors (Lipinski definition) is 1. The summed E-state index contributed by atoms with van der Waals surface area (Å²) in [7, 11) is 0. The third-order valence-corrected chi connectivity index (χ3v) is 4.32. The lowest BCUT2D eigenvalue weighted by molar-refractivity contribution is 0.445. The lowest BCUT2D eigenvalue weighted by atomic mass is 9.97. The van der Waals surface area contributed by atoms with Crippen molar-refractivity contribution >= 4 is 17.2 Å². The molecule has 5 heteroatoms. The number of allylic oxidation sites excluding steroid dienone is 3. The number of hydrogen-bond acceptors (Lipinski definition) is 5. The Hall–Kier alpha value is -2.43. The van der Waals surface area contributed by atoms with E-state index in [4.69, 9.17) is 10.7 Å². The van der Waals surface area contributed by atoms with Gasteiger partial charge in [0.15, 0.2) is 0 Å². The van der Waals surface area contributed by atoms with E-state index in [0.717, 1.165) is 35.8 Å². The van der Waals surface area contributed by atoms with Gasteiger partial charge in [0.05, 0.1) is 23.7 Å². The fraction of sp³-hybridized carbons (Fsp3) is 0.353. The van der Waals surface area contributed by atoms with Gasteiger partial charge in [-0.15, -0.1) is 0 Å². The highest BCUT2D eigenvalue weighted by Gasteiger charge is 2.30. The summed E-state index contributed by atoms with van der Waals surface area (Å²) in [5, 5.41) is 0. The first-order valence-corrected chi connectivity index (χ1v) is 7.74. The van der Waals surface area contributed by atoms with Gasteiger partial charge in [0.1, 0.15) is 5.82 Å². The number of dihydropyridines is 1. The number of nitrogens with zero attached hydrogens (tertiary/aromatic N) is 4. The summed E-state index contributed by atoms with van der Waals surface area (Å²) in [4.78, 5) is 16.0. The molecule has 22 heavy (non-hydrogen) atoms. The number of aliphatic imine (C=N–C) groups is 2. The normalized spacial score (nSPS) is 20.8. The number of fused-ring (bicyclic) bond motifs is 1. The maximum absolute atomic E-state index is 5.86. The van der Waals surface area contributed by atoms with Crippen LogP contribution in [0.15, 0.2) is 51.4 Å². The minimum atomic E-state index is 0.531. The molecule has 0 unspecified atom stereocenters. The van der Waals surface area contributed by atoms with E-state index in [1.165, 1.54) is 24.1 Å². The Labute approximate surface area is 130 Å². The molecule has 1 aromatic heterocycles. The van der Waals surface area contributed by atoms with Crippen LogP contribution in [0.1, 0.15) is 25.3 Å². The van der Waals surface area contributed by atoms with Gasteiger partial charge in [0, 0.05) is 36.1 Å². The zero-order chi connectivity index (χ0) is 15.1. The van der Waals surface area contributed by atoms with E-state index in [0.29, 0.717) is 12.4 Å². The molecule has 5 nitrogen and oxygen atoms in total. The minimum absolute atomic E-state index is 0.531. The van der Waals surface area contributed by atoms with Crippen LogP contribution in [0, 0.1) is 0 Å². The third-order valence-electron chi connectivity index (χ3n) is 4.32. The topological polar surface area (TPSA) is 66.9 Å². The van der Waals surface area contributed by atoms with Crippen LogP contribution in [0.3, 0.4) is 0 Å². The quantitative estimate of drug-likeness (QED) is 0.908. The summed E-state index contributed by atoms with van der Waals surface area (Å²) >= 11 is 0. The predicted molar refractivity (Wildman–Crippen MR) is 89.1 cm³/mol. The average molecular weight is 293 g/mol. The van der Waals surface area contributed by atoms with Crippen LogP contribution in [0.4, 0.5) is 5.82 Å². The van der Waals surface area contributed by atoms with Crippen LogP contribution < -0.4 is 5.73 Å². The Balaban J connectivity index is 1.85. The number of nitrogen functional groups attached to an aromatic ring is 1. The molecule has 0 atom stereocenters. The summed E-state index contributed by atoms with van der Waals surface area (Å²) < 4.78 is 0. The molecular formula is C17H19N5. The van der Waals surface area contributed by atoms with Crippen LogP contribution in [-0.2, 0) is 0 Å². The second-order valence-corrected chi connectivity index (χ2v) is 5.93. The molecule has 0 bridgehead atoms. The van der Waals surface area contributed by atoms with Crippen LogP contribution >= 0.6 is 0 Å². The molecule has 1 saturated heterocycles. The Morgan fingerprint density at radius 1 is 1.23 bits per heavy atom. The Morgan fingerprint density at radius 2 is 2.05 bits per heavy atom. The average Bonchev–Trinajstić information content (AvgIpc) is 3.14. The molecule has 0 amide bonds. The zero-order valence-corrected chi connectivity index (χ0v) is 12.7.